The van der Waals surface area contributed by atoms with Crippen molar-refractivity contribution in [2.45, 2.75) is 13.0 Å². The SMILES string of the molecule is CC(CO)NC(=N)c1c(O)nsc1Nc1ccc(Oc2ccc(Cl)cc2Cl)c(F)c1. The second-order valence-corrected chi connectivity index (χ2v) is 7.88. The van der Waals surface area contributed by atoms with Gasteiger partial charge in [-0.15, -0.1) is 0 Å². The predicted octanol–water partition coefficient (Wildman–Crippen LogP) is 5.13. The van der Waals surface area contributed by atoms with Crippen LogP contribution in [-0.2, 0) is 0 Å². The summed E-state index contributed by atoms with van der Waals surface area (Å²) in [6.07, 6.45) is 0. The van der Waals surface area contributed by atoms with Gasteiger partial charge in [-0.2, -0.15) is 4.37 Å². The number of anilines is 2. The lowest BCUT2D eigenvalue weighted by molar-refractivity contribution is 0.264. The Balaban J connectivity index is 1.79. The highest BCUT2D eigenvalue weighted by Crippen LogP contribution is 2.36. The van der Waals surface area contributed by atoms with E-state index in [1.807, 2.05) is 0 Å². The van der Waals surface area contributed by atoms with Crippen LogP contribution in [0.15, 0.2) is 36.4 Å². The number of amidine groups is 1. The molecule has 0 saturated heterocycles. The summed E-state index contributed by atoms with van der Waals surface area (Å²) in [6, 6.07) is 8.40. The van der Waals surface area contributed by atoms with Crippen molar-refractivity contribution in [1.29, 1.82) is 5.41 Å². The molecule has 0 fully saturated rings. The van der Waals surface area contributed by atoms with Crippen LogP contribution in [0.1, 0.15) is 12.5 Å². The molecule has 0 aliphatic rings. The summed E-state index contributed by atoms with van der Waals surface area (Å²) in [7, 11) is 0. The van der Waals surface area contributed by atoms with Gasteiger partial charge in [-0.05, 0) is 48.8 Å². The number of rotatable bonds is 7. The number of hydrogen-bond acceptors (Lipinski definition) is 7. The largest absolute Gasteiger partial charge is 0.492 e. The van der Waals surface area contributed by atoms with Crippen LogP contribution in [0.4, 0.5) is 15.1 Å². The number of aliphatic hydroxyl groups excluding tert-OH is 1. The molecule has 0 saturated carbocycles. The fraction of sp³-hybridized carbons (Fsp3) is 0.158. The minimum atomic E-state index is -0.650. The average molecular weight is 471 g/mol. The van der Waals surface area contributed by atoms with Crippen LogP contribution in [0.2, 0.25) is 10.0 Å². The van der Waals surface area contributed by atoms with Crippen LogP contribution < -0.4 is 15.4 Å². The van der Waals surface area contributed by atoms with E-state index in [0.717, 1.165) is 11.5 Å². The molecule has 2 aromatic carbocycles. The number of nitrogens with zero attached hydrogens (tertiary/aromatic N) is 1. The van der Waals surface area contributed by atoms with Gasteiger partial charge in [-0.1, -0.05) is 23.2 Å². The number of halogens is 3. The summed E-state index contributed by atoms with van der Waals surface area (Å²) in [5, 5.41) is 33.9. The molecular weight excluding hydrogens is 454 g/mol. The van der Waals surface area contributed by atoms with Crippen LogP contribution in [0, 0.1) is 11.2 Å². The van der Waals surface area contributed by atoms with E-state index >= 15 is 0 Å². The normalized spacial score (nSPS) is 11.8. The highest BCUT2D eigenvalue weighted by Gasteiger charge is 2.20. The first-order valence-electron chi connectivity index (χ1n) is 8.63. The zero-order valence-electron chi connectivity index (χ0n) is 15.5. The first kappa shape index (κ1) is 22.1. The zero-order chi connectivity index (χ0) is 21.8. The van der Waals surface area contributed by atoms with Gasteiger partial charge in [-0.25, -0.2) is 4.39 Å². The third-order valence-electron chi connectivity index (χ3n) is 3.89. The number of ether oxygens (including phenoxy) is 1. The van der Waals surface area contributed by atoms with E-state index in [9.17, 15) is 9.50 Å². The van der Waals surface area contributed by atoms with Crippen molar-refractivity contribution >= 4 is 51.3 Å². The molecule has 11 heteroatoms. The van der Waals surface area contributed by atoms with Crippen LogP contribution in [0.5, 0.6) is 17.4 Å². The van der Waals surface area contributed by atoms with Crippen LogP contribution in [0.3, 0.4) is 0 Å². The minimum absolute atomic E-state index is 0.0386. The van der Waals surface area contributed by atoms with Gasteiger partial charge < -0.3 is 25.6 Å². The number of aromatic hydroxyl groups is 1. The Morgan fingerprint density at radius 2 is 2.00 bits per heavy atom. The standard InChI is InChI=1S/C19H17Cl2FN4O3S/c1-9(8-27)24-17(23)16-18(28)26-30-19(16)25-11-3-5-15(13(22)7-11)29-14-4-2-10(20)6-12(14)21/h2-7,9,25,27H,8H2,1H3,(H2,23,24)(H,26,28). The van der Waals surface area contributed by atoms with Gasteiger partial charge >= 0.3 is 0 Å². The molecule has 3 aromatic rings. The Kier molecular flexibility index (Phi) is 6.99. The highest BCUT2D eigenvalue weighted by molar-refractivity contribution is 7.11. The van der Waals surface area contributed by atoms with Crippen molar-refractivity contribution in [2.75, 3.05) is 11.9 Å². The highest BCUT2D eigenvalue weighted by atomic mass is 35.5. The third kappa shape index (κ3) is 5.11. The van der Waals surface area contributed by atoms with Gasteiger partial charge in [0.2, 0.25) is 5.88 Å². The van der Waals surface area contributed by atoms with Crippen molar-refractivity contribution < 1.29 is 19.3 Å². The van der Waals surface area contributed by atoms with E-state index in [-0.39, 0.29) is 40.4 Å². The van der Waals surface area contributed by atoms with Gasteiger partial charge in [-0.3, -0.25) is 5.41 Å². The fourth-order valence-corrected chi connectivity index (χ4v) is 3.59. The lowest BCUT2D eigenvalue weighted by atomic mass is 10.2. The molecule has 7 nitrogen and oxygen atoms in total. The molecule has 158 valence electrons. The molecule has 1 atom stereocenters. The first-order valence-corrected chi connectivity index (χ1v) is 10.2. The number of nitrogens with one attached hydrogen (secondary N) is 3. The Labute approximate surface area is 185 Å². The summed E-state index contributed by atoms with van der Waals surface area (Å²) in [5.41, 5.74) is 0.476. The Bertz CT molecular complexity index is 1080. The maximum absolute atomic E-state index is 14.6. The fourth-order valence-electron chi connectivity index (χ4n) is 2.43. The maximum atomic E-state index is 14.6. The molecule has 5 N–H and O–H groups in total. The third-order valence-corrected chi connectivity index (χ3v) is 5.18. The molecule has 0 aliphatic carbocycles. The van der Waals surface area contributed by atoms with E-state index in [1.54, 1.807) is 19.1 Å². The van der Waals surface area contributed by atoms with Gasteiger partial charge in [0.15, 0.2) is 11.6 Å². The molecule has 1 heterocycles. The predicted molar refractivity (Wildman–Crippen MR) is 117 cm³/mol. The summed E-state index contributed by atoms with van der Waals surface area (Å²) in [6.45, 7) is 1.49. The summed E-state index contributed by atoms with van der Waals surface area (Å²) >= 11 is 12.8. The van der Waals surface area contributed by atoms with E-state index < -0.39 is 11.9 Å². The van der Waals surface area contributed by atoms with Gasteiger partial charge in [0.25, 0.3) is 0 Å². The van der Waals surface area contributed by atoms with Crippen molar-refractivity contribution in [3.05, 3.63) is 57.8 Å². The van der Waals surface area contributed by atoms with E-state index in [4.69, 9.17) is 38.5 Å². The van der Waals surface area contributed by atoms with Gasteiger partial charge in [0, 0.05) is 22.8 Å². The monoisotopic (exact) mass is 470 g/mol. The Morgan fingerprint density at radius 1 is 1.27 bits per heavy atom. The summed E-state index contributed by atoms with van der Waals surface area (Å²) in [4.78, 5) is 0. The smallest absolute Gasteiger partial charge is 0.236 e. The average Bonchev–Trinajstić information content (AvgIpc) is 3.05. The molecule has 3 rings (SSSR count). The molecule has 0 spiro atoms. The number of aliphatic hydroxyl groups is 1. The van der Waals surface area contributed by atoms with Crippen molar-refractivity contribution in [3.63, 3.8) is 0 Å². The molecule has 0 radical (unpaired) electrons. The molecule has 0 bridgehead atoms. The zero-order valence-corrected chi connectivity index (χ0v) is 17.9. The number of benzene rings is 2. The van der Waals surface area contributed by atoms with Gasteiger partial charge in [0.05, 0.1) is 11.6 Å². The lowest BCUT2D eigenvalue weighted by Crippen LogP contribution is -2.35. The Morgan fingerprint density at radius 3 is 2.67 bits per heavy atom. The van der Waals surface area contributed by atoms with Crippen molar-refractivity contribution in [2.24, 2.45) is 0 Å². The quantitative estimate of drug-likeness (QED) is 0.242. The van der Waals surface area contributed by atoms with Gasteiger partial charge in [0.1, 0.15) is 22.1 Å². The van der Waals surface area contributed by atoms with Crippen LogP contribution in [-0.4, -0.2) is 33.1 Å². The number of aromatic nitrogens is 1. The first-order chi connectivity index (χ1) is 14.3. The van der Waals surface area contributed by atoms with Crippen molar-refractivity contribution in [1.82, 2.24) is 9.69 Å². The van der Waals surface area contributed by atoms with E-state index in [2.05, 4.69) is 15.0 Å². The van der Waals surface area contributed by atoms with E-state index in [1.165, 1.54) is 24.3 Å². The topological polar surface area (TPSA) is 110 Å². The Hall–Kier alpha value is -2.59. The second-order valence-electron chi connectivity index (χ2n) is 6.26. The summed E-state index contributed by atoms with van der Waals surface area (Å²) in [5.74, 6) is -0.898. The lowest BCUT2D eigenvalue weighted by Gasteiger charge is -2.14. The van der Waals surface area contributed by atoms with Crippen LogP contribution in [0.25, 0.3) is 0 Å². The second kappa shape index (κ2) is 9.48. The molecular formula is C19H17Cl2FN4O3S. The maximum Gasteiger partial charge on any atom is 0.236 e. The summed E-state index contributed by atoms with van der Waals surface area (Å²) < 4.78 is 23.9. The van der Waals surface area contributed by atoms with Crippen molar-refractivity contribution in [3.8, 4) is 17.4 Å². The number of hydrogen-bond donors (Lipinski definition) is 5. The molecule has 0 amide bonds. The molecule has 1 unspecified atom stereocenters. The minimum Gasteiger partial charge on any atom is -0.492 e. The van der Waals surface area contributed by atoms with E-state index in [0.29, 0.717) is 15.7 Å². The molecule has 0 aliphatic heterocycles. The van der Waals surface area contributed by atoms with Crippen LogP contribution >= 0.6 is 34.7 Å². The molecule has 30 heavy (non-hydrogen) atoms. The molecule has 1 aromatic heterocycles.